The molecular formula is C18H16N2O3S. The van der Waals surface area contributed by atoms with Gasteiger partial charge in [0.05, 0.1) is 15.6 Å². The Bertz CT molecular complexity index is 846. The van der Waals surface area contributed by atoms with Gasteiger partial charge >= 0.3 is 5.69 Å². The van der Waals surface area contributed by atoms with Gasteiger partial charge in [0, 0.05) is 17.9 Å². The number of benzene rings is 2. The Hall–Kier alpha value is -2.73. The summed E-state index contributed by atoms with van der Waals surface area (Å²) in [4.78, 5) is 15.2. The highest BCUT2D eigenvalue weighted by molar-refractivity contribution is 7.09. The van der Waals surface area contributed by atoms with Gasteiger partial charge in [-0.25, -0.2) is 4.98 Å². The van der Waals surface area contributed by atoms with Crippen LogP contribution < -0.4 is 4.74 Å². The van der Waals surface area contributed by atoms with Crippen molar-refractivity contribution in [1.29, 1.82) is 0 Å². The van der Waals surface area contributed by atoms with Crippen LogP contribution in [0.15, 0.2) is 53.9 Å². The normalized spacial score (nSPS) is 10.5. The van der Waals surface area contributed by atoms with E-state index in [4.69, 9.17) is 4.74 Å². The Morgan fingerprint density at radius 1 is 1.21 bits per heavy atom. The van der Waals surface area contributed by atoms with Gasteiger partial charge in [0.25, 0.3) is 0 Å². The lowest BCUT2D eigenvalue weighted by molar-refractivity contribution is -0.386. The first-order chi connectivity index (χ1) is 11.6. The van der Waals surface area contributed by atoms with Crippen LogP contribution in [0.1, 0.15) is 21.8 Å². The van der Waals surface area contributed by atoms with Crippen molar-refractivity contribution in [3.05, 3.63) is 85.9 Å². The van der Waals surface area contributed by atoms with Crippen LogP contribution in [-0.4, -0.2) is 9.91 Å². The second-order valence-electron chi connectivity index (χ2n) is 5.41. The molecule has 0 fully saturated rings. The fourth-order valence-electron chi connectivity index (χ4n) is 2.31. The lowest BCUT2D eigenvalue weighted by atomic mass is 10.2. The van der Waals surface area contributed by atoms with E-state index in [0.717, 1.165) is 22.7 Å². The molecule has 1 aromatic heterocycles. The maximum atomic E-state index is 11.1. The summed E-state index contributed by atoms with van der Waals surface area (Å²) in [7, 11) is 0. The topological polar surface area (TPSA) is 65.3 Å². The van der Waals surface area contributed by atoms with Crippen molar-refractivity contribution in [1.82, 2.24) is 4.98 Å². The average Bonchev–Trinajstić information content (AvgIpc) is 3.01. The van der Waals surface area contributed by atoms with Gasteiger partial charge in [-0.05, 0) is 24.1 Å². The molecule has 0 radical (unpaired) electrons. The summed E-state index contributed by atoms with van der Waals surface area (Å²) >= 11 is 1.57. The van der Waals surface area contributed by atoms with Crippen molar-refractivity contribution in [3.8, 4) is 5.75 Å². The minimum absolute atomic E-state index is 0.0275. The van der Waals surface area contributed by atoms with Crippen molar-refractivity contribution < 1.29 is 9.66 Å². The third-order valence-corrected chi connectivity index (χ3v) is 4.38. The number of ether oxygens (including phenoxy) is 1. The summed E-state index contributed by atoms with van der Waals surface area (Å²) in [6.45, 7) is 2.09. The lowest BCUT2D eigenvalue weighted by Crippen LogP contribution is -2.00. The number of aryl methyl sites for hydroxylation is 1. The molecule has 1 heterocycles. The van der Waals surface area contributed by atoms with E-state index in [9.17, 15) is 10.1 Å². The van der Waals surface area contributed by atoms with Gasteiger partial charge in [-0.2, -0.15) is 0 Å². The minimum Gasteiger partial charge on any atom is -0.480 e. The van der Waals surface area contributed by atoms with Crippen LogP contribution in [0.5, 0.6) is 5.75 Å². The zero-order valence-electron chi connectivity index (χ0n) is 13.1. The van der Waals surface area contributed by atoms with Crippen LogP contribution >= 0.6 is 11.3 Å². The Morgan fingerprint density at radius 3 is 2.75 bits per heavy atom. The standard InChI is InChI=1S/C18H16N2O3S/c1-13-7-8-16(20(21)22)17(9-13)23-11-15-12-24-18(19-15)10-14-5-3-2-4-6-14/h2-9,12H,10-11H2,1H3. The second-order valence-corrected chi connectivity index (χ2v) is 6.35. The second kappa shape index (κ2) is 7.23. The van der Waals surface area contributed by atoms with Crippen molar-refractivity contribution >= 4 is 17.0 Å². The van der Waals surface area contributed by atoms with Crippen LogP contribution in [0.2, 0.25) is 0 Å². The Morgan fingerprint density at radius 2 is 2.00 bits per heavy atom. The van der Waals surface area contributed by atoms with E-state index in [0.29, 0.717) is 0 Å². The molecule has 5 nitrogen and oxygen atoms in total. The molecular weight excluding hydrogens is 324 g/mol. The first kappa shape index (κ1) is 16.1. The van der Waals surface area contributed by atoms with E-state index < -0.39 is 4.92 Å². The largest absolute Gasteiger partial charge is 0.480 e. The molecule has 24 heavy (non-hydrogen) atoms. The van der Waals surface area contributed by atoms with E-state index in [1.807, 2.05) is 30.5 Å². The van der Waals surface area contributed by atoms with E-state index in [1.165, 1.54) is 11.6 Å². The maximum Gasteiger partial charge on any atom is 0.310 e. The van der Waals surface area contributed by atoms with Gasteiger partial charge in [-0.1, -0.05) is 36.4 Å². The van der Waals surface area contributed by atoms with Crippen LogP contribution in [0, 0.1) is 17.0 Å². The number of aromatic nitrogens is 1. The first-order valence-corrected chi connectivity index (χ1v) is 8.35. The van der Waals surface area contributed by atoms with Gasteiger partial charge in [0.2, 0.25) is 0 Å². The minimum atomic E-state index is -0.434. The quantitative estimate of drug-likeness (QED) is 0.488. The van der Waals surface area contributed by atoms with Gasteiger partial charge in [-0.3, -0.25) is 10.1 Å². The van der Waals surface area contributed by atoms with Gasteiger partial charge < -0.3 is 4.74 Å². The predicted octanol–water partition coefficient (Wildman–Crippen LogP) is 4.53. The SMILES string of the molecule is Cc1ccc([N+](=O)[O-])c(OCc2csc(Cc3ccccc3)n2)c1. The van der Waals surface area contributed by atoms with E-state index in [1.54, 1.807) is 23.5 Å². The molecule has 3 rings (SSSR count). The Labute approximate surface area is 143 Å². The number of hydrogen-bond acceptors (Lipinski definition) is 5. The highest BCUT2D eigenvalue weighted by Gasteiger charge is 2.15. The van der Waals surface area contributed by atoms with Crippen molar-refractivity contribution in [2.24, 2.45) is 0 Å². The summed E-state index contributed by atoms with van der Waals surface area (Å²) in [5.74, 6) is 0.276. The zero-order chi connectivity index (χ0) is 16.9. The molecule has 0 saturated heterocycles. The summed E-state index contributed by atoms with van der Waals surface area (Å²) in [5.41, 5.74) is 2.87. The summed E-state index contributed by atoms with van der Waals surface area (Å²) in [6.07, 6.45) is 0.774. The third-order valence-electron chi connectivity index (χ3n) is 3.49. The number of hydrogen-bond donors (Lipinski definition) is 0. The number of nitrogens with zero attached hydrogens (tertiary/aromatic N) is 2. The molecule has 6 heteroatoms. The van der Waals surface area contributed by atoms with Crippen molar-refractivity contribution in [2.45, 2.75) is 20.0 Å². The van der Waals surface area contributed by atoms with Crippen molar-refractivity contribution in [3.63, 3.8) is 0 Å². The number of nitro groups is 1. The third kappa shape index (κ3) is 3.97. The molecule has 0 aliphatic carbocycles. The van der Waals surface area contributed by atoms with E-state index in [-0.39, 0.29) is 18.0 Å². The molecule has 0 unspecified atom stereocenters. The Kier molecular flexibility index (Phi) is 4.86. The molecule has 0 amide bonds. The maximum absolute atomic E-state index is 11.1. The fourth-order valence-corrected chi connectivity index (χ4v) is 3.12. The zero-order valence-corrected chi connectivity index (χ0v) is 14.0. The predicted molar refractivity (Wildman–Crippen MR) is 93.5 cm³/mol. The average molecular weight is 340 g/mol. The number of rotatable bonds is 6. The molecule has 3 aromatic rings. The summed E-state index contributed by atoms with van der Waals surface area (Å²) in [5, 5.41) is 14.0. The van der Waals surface area contributed by atoms with Crippen LogP contribution in [0.25, 0.3) is 0 Å². The summed E-state index contributed by atoms with van der Waals surface area (Å²) < 4.78 is 5.63. The highest BCUT2D eigenvalue weighted by atomic mass is 32.1. The monoisotopic (exact) mass is 340 g/mol. The van der Waals surface area contributed by atoms with Gasteiger partial charge in [0.15, 0.2) is 5.75 Å². The van der Waals surface area contributed by atoms with E-state index >= 15 is 0 Å². The molecule has 0 atom stereocenters. The van der Waals surface area contributed by atoms with Crippen LogP contribution in [-0.2, 0) is 13.0 Å². The number of nitro benzene ring substituents is 1. The van der Waals surface area contributed by atoms with Crippen LogP contribution in [0.4, 0.5) is 5.69 Å². The fraction of sp³-hybridized carbons (Fsp3) is 0.167. The molecule has 2 aromatic carbocycles. The summed E-state index contributed by atoms with van der Waals surface area (Å²) in [6, 6.07) is 15.0. The Balaban J connectivity index is 1.68. The van der Waals surface area contributed by atoms with Crippen molar-refractivity contribution in [2.75, 3.05) is 0 Å². The molecule has 0 spiro atoms. The molecule has 0 bridgehead atoms. The highest BCUT2D eigenvalue weighted by Crippen LogP contribution is 2.28. The smallest absolute Gasteiger partial charge is 0.310 e. The van der Waals surface area contributed by atoms with E-state index in [2.05, 4.69) is 17.1 Å². The van der Waals surface area contributed by atoms with Gasteiger partial charge in [-0.15, -0.1) is 11.3 Å². The molecule has 0 saturated carbocycles. The first-order valence-electron chi connectivity index (χ1n) is 7.47. The molecule has 0 N–H and O–H groups in total. The number of thiazole rings is 1. The molecule has 0 aliphatic rings. The molecule has 0 aliphatic heterocycles. The van der Waals surface area contributed by atoms with Gasteiger partial charge in [0.1, 0.15) is 6.61 Å². The lowest BCUT2D eigenvalue weighted by Gasteiger charge is -2.06. The van der Waals surface area contributed by atoms with Crippen LogP contribution in [0.3, 0.4) is 0 Å². The molecule has 122 valence electrons.